The normalized spacial score (nSPS) is 15.1. The second kappa shape index (κ2) is 5.30. The van der Waals surface area contributed by atoms with Gasteiger partial charge < -0.3 is 5.32 Å². The number of ketones is 1. The van der Waals surface area contributed by atoms with Crippen molar-refractivity contribution in [3.05, 3.63) is 46.5 Å². The zero-order valence-electron chi connectivity index (χ0n) is 10.5. The number of aromatic nitrogens is 3. The first-order chi connectivity index (χ1) is 9.63. The minimum Gasteiger partial charge on any atom is -0.312 e. The first kappa shape index (κ1) is 13.2. The number of rotatable bonds is 4. The lowest BCUT2D eigenvalue weighted by atomic mass is 10.1. The average molecular weight is 295 g/mol. The van der Waals surface area contributed by atoms with E-state index in [1.54, 1.807) is 16.9 Å². The molecule has 1 N–H and O–H groups in total. The Morgan fingerprint density at radius 1 is 1.50 bits per heavy atom. The second-order valence-electron chi connectivity index (χ2n) is 4.74. The Morgan fingerprint density at radius 2 is 2.30 bits per heavy atom. The van der Waals surface area contributed by atoms with Gasteiger partial charge in [0.25, 0.3) is 0 Å². The molecule has 104 valence electrons. The van der Waals surface area contributed by atoms with E-state index in [-0.39, 0.29) is 23.3 Å². The second-order valence-corrected chi connectivity index (χ2v) is 5.15. The number of hydrogen-bond donors (Lipinski definition) is 1. The van der Waals surface area contributed by atoms with Gasteiger partial charge in [-0.3, -0.25) is 4.79 Å². The van der Waals surface area contributed by atoms with Gasteiger partial charge >= 0.3 is 0 Å². The van der Waals surface area contributed by atoms with Crippen molar-refractivity contribution in [1.29, 1.82) is 0 Å². The maximum atomic E-state index is 13.3. The Kier molecular flexibility index (Phi) is 3.50. The monoisotopic (exact) mass is 294 g/mol. The Hall–Kier alpha value is -1.79. The van der Waals surface area contributed by atoms with Crippen molar-refractivity contribution < 1.29 is 9.18 Å². The summed E-state index contributed by atoms with van der Waals surface area (Å²) in [5, 5.41) is 11.0. The summed E-state index contributed by atoms with van der Waals surface area (Å²) in [7, 11) is 0. The molecule has 0 bridgehead atoms. The molecule has 20 heavy (non-hydrogen) atoms. The van der Waals surface area contributed by atoms with Crippen LogP contribution in [0, 0.1) is 5.82 Å². The fourth-order valence-corrected chi connectivity index (χ4v) is 2.09. The van der Waals surface area contributed by atoms with Crippen LogP contribution in [-0.2, 0) is 6.42 Å². The van der Waals surface area contributed by atoms with Gasteiger partial charge in [0.1, 0.15) is 11.5 Å². The summed E-state index contributed by atoms with van der Waals surface area (Å²) in [6.45, 7) is 1.67. The minimum absolute atomic E-state index is 0.0460. The van der Waals surface area contributed by atoms with E-state index in [0.29, 0.717) is 11.3 Å². The van der Waals surface area contributed by atoms with Crippen molar-refractivity contribution in [3.63, 3.8) is 0 Å². The quantitative estimate of drug-likeness (QED) is 0.871. The fraction of sp³-hybridized carbons (Fsp3) is 0.308. The maximum absolute atomic E-state index is 13.3. The van der Waals surface area contributed by atoms with Crippen LogP contribution in [-0.4, -0.2) is 33.9 Å². The summed E-state index contributed by atoms with van der Waals surface area (Å²) in [6.07, 6.45) is 1.72. The van der Waals surface area contributed by atoms with Crippen molar-refractivity contribution >= 4 is 17.4 Å². The molecule has 3 rings (SSSR count). The van der Waals surface area contributed by atoms with Gasteiger partial charge in [-0.2, -0.15) is 0 Å². The molecule has 0 radical (unpaired) electrons. The molecule has 1 aliphatic rings. The number of carbonyl (C=O) groups is 1. The van der Waals surface area contributed by atoms with Crippen LogP contribution in [0.5, 0.6) is 0 Å². The van der Waals surface area contributed by atoms with E-state index in [4.69, 9.17) is 11.6 Å². The van der Waals surface area contributed by atoms with E-state index in [9.17, 15) is 9.18 Å². The topological polar surface area (TPSA) is 59.8 Å². The van der Waals surface area contributed by atoms with Crippen LogP contribution in [0.1, 0.15) is 22.1 Å². The van der Waals surface area contributed by atoms with Crippen molar-refractivity contribution in [2.45, 2.75) is 12.5 Å². The van der Waals surface area contributed by atoms with Gasteiger partial charge in [-0.05, 0) is 17.7 Å². The largest absolute Gasteiger partial charge is 0.312 e. The summed E-state index contributed by atoms with van der Waals surface area (Å²) in [5.74, 6) is -0.716. The molecule has 0 saturated carbocycles. The van der Waals surface area contributed by atoms with Gasteiger partial charge in [-0.15, -0.1) is 5.10 Å². The van der Waals surface area contributed by atoms with E-state index < -0.39 is 5.82 Å². The molecule has 0 amide bonds. The molecule has 5 nitrogen and oxygen atoms in total. The Labute approximate surface area is 119 Å². The van der Waals surface area contributed by atoms with E-state index >= 15 is 0 Å². The van der Waals surface area contributed by atoms with E-state index in [1.807, 2.05) is 0 Å². The lowest BCUT2D eigenvalue weighted by molar-refractivity contribution is 0.0988. The average Bonchev–Trinajstić information content (AvgIpc) is 2.81. The molecule has 1 saturated heterocycles. The third kappa shape index (κ3) is 2.57. The van der Waals surface area contributed by atoms with Crippen LogP contribution in [0.3, 0.4) is 0 Å². The maximum Gasteiger partial charge on any atom is 0.189 e. The molecule has 0 spiro atoms. The molecule has 7 heteroatoms. The van der Waals surface area contributed by atoms with Crippen LogP contribution < -0.4 is 5.32 Å². The number of nitrogens with one attached hydrogen (secondary N) is 1. The SMILES string of the molecule is O=C(Cc1ccc(Cl)c(F)c1)c1cn(C2CNC2)nn1. The number of nitrogens with zero attached hydrogens (tertiary/aromatic N) is 3. The highest BCUT2D eigenvalue weighted by Crippen LogP contribution is 2.17. The first-order valence-corrected chi connectivity index (χ1v) is 6.61. The number of carbonyl (C=O) groups excluding carboxylic acids is 1. The Balaban J connectivity index is 1.71. The summed E-state index contributed by atoms with van der Waals surface area (Å²) < 4.78 is 15.0. The fourth-order valence-electron chi connectivity index (χ4n) is 1.97. The van der Waals surface area contributed by atoms with E-state index in [1.165, 1.54) is 12.1 Å². The Bertz CT molecular complexity index is 654. The predicted octanol–water partition coefficient (Wildman–Crippen LogP) is 1.64. The van der Waals surface area contributed by atoms with Gasteiger partial charge in [-0.25, -0.2) is 9.07 Å². The van der Waals surface area contributed by atoms with Crippen molar-refractivity contribution in [3.8, 4) is 0 Å². The van der Waals surface area contributed by atoms with Crippen LogP contribution in [0.4, 0.5) is 4.39 Å². The standard InChI is InChI=1S/C13H12ClFN4O/c14-10-2-1-8(3-11(10)15)4-13(20)12-7-19(18-17-12)9-5-16-6-9/h1-3,7,9,16H,4-6H2. The van der Waals surface area contributed by atoms with Gasteiger partial charge in [0.2, 0.25) is 0 Å². The van der Waals surface area contributed by atoms with Crippen molar-refractivity contribution in [1.82, 2.24) is 20.3 Å². The van der Waals surface area contributed by atoms with Crippen LogP contribution in [0.2, 0.25) is 5.02 Å². The zero-order valence-corrected chi connectivity index (χ0v) is 11.3. The van der Waals surface area contributed by atoms with Crippen molar-refractivity contribution in [2.75, 3.05) is 13.1 Å². The number of Topliss-reactive ketones (excluding diaryl/α,β-unsaturated/α-hetero) is 1. The number of halogens is 2. The Morgan fingerprint density at radius 3 is 2.95 bits per heavy atom. The molecule has 1 fully saturated rings. The summed E-state index contributed by atoms with van der Waals surface area (Å²) in [6, 6.07) is 4.59. The van der Waals surface area contributed by atoms with Crippen LogP contribution in [0.25, 0.3) is 0 Å². The van der Waals surface area contributed by atoms with Gasteiger partial charge in [-0.1, -0.05) is 22.9 Å². The van der Waals surface area contributed by atoms with Gasteiger partial charge in [0, 0.05) is 19.5 Å². The molecular formula is C13H12ClFN4O. The summed E-state index contributed by atoms with van der Waals surface area (Å²) in [5.41, 5.74) is 0.865. The van der Waals surface area contributed by atoms with E-state index in [2.05, 4.69) is 15.6 Å². The molecule has 1 aromatic carbocycles. The molecule has 1 aromatic heterocycles. The highest BCUT2D eigenvalue weighted by molar-refractivity contribution is 6.30. The highest BCUT2D eigenvalue weighted by Gasteiger charge is 2.21. The predicted molar refractivity (Wildman–Crippen MR) is 71.4 cm³/mol. The highest BCUT2D eigenvalue weighted by atomic mass is 35.5. The number of benzene rings is 1. The third-order valence-electron chi connectivity index (χ3n) is 3.28. The number of hydrogen-bond acceptors (Lipinski definition) is 4. The minimum atomic E-state index is -0.527. The molecule has 2 aromatic rings. The molecular weight excluding hydrogens is 283 g/mol. The lowest BCUT2D eigenvalue weighted by Gasteiger charge is -2.26. The van der Waals surface area contributed by atoms with E-state index in [0.717, 1.165) is 13.1 Å². The smallest absolute Gasteiger partial charge is 0.189 e. The molecule has 1 aliphatic heterocycles. The molecule has 0 aliphatic carbocycles. The summed E-state index contributed by atoms with van der Waals surface area (Å²) in [4.78, 5) is 12.1. The zero-order chi connectivity index (χ0) is 14.1. The molecule has 2 heterocycles. The molecule has 0 unspecified atom stereocenters. The van der Waals surface area contributed by atoms with Crippen molar-refractivity contribution in [2.24, 2.45) is 0 Å². The summed E-state index contributed by atoms with van der Waals surface area (Å²) >= 11 is 5.60. The van der Waals surface area contributed by atoms with Crippen LogP contribution in [0.15, 0.2) is 24.4 Å². The third-order valence-corrected chi connectivity index (χ3v) is 3.59. The molecule has 0 atom stereocenters. The van der Waals surface area contributed by atoms with Gasteiger partial charge in [0.05, 0.1) is 17.3 Å². The van der Waals surface area contributed by atoms with Gasteiger partial charge in [0.15, 0.2) is 5.78 Å². The van der Waals surface area contributed by atoms with Crippen LogP contribution >= 0.6 is 11.6 Å². The first-order valence-electron chi connectivity index (χ1n) is 6.23. The lowest BCUT2D eigenvalue weighted by Crippen LogP contribution is -2.43.